The van der Waals surface area contributed by atoms with Crippen LogP contribution < -0.4 is 0 Å². The van der Waals surface area contributed by atoms with Gasteiger partial charge < -0.3 is 5.11 Å². The summed E-state index contributed by atoms with van der Waals surface area (Å²) >= 11 is 0. The lowest BCUT2D eigenvalue weighted by molar-refractivity contribution is -0.141. The van der Waals surface area contributed by atoms with Crippen molar-refractivity contribution in [2.75, 3.05) is 0 Å². The number of carbonyl (C=O) groups is 1. The molecule has 0 aliphatic carbocycles. The second-order valence-corrected chi connectivity index (χ2v) is 3.66. The molecule has 0 aliphatic heterocycles. The van der Waals surface area contributed by atoms with E-state index in [0.717, 1.165) is 12.1 Å². The van der Waals surface area contributed by atoms with Crippen LogP contribution in [0.3, 0.4) is 0 Å². The van der Waals surface area contributed by atoms with Gasteiger partial charge in [-0.1, -0.05) is 19.9 Å². The third kappa shape index (κ3) is 3.35. The summed E-state index contributed by atoms with van der Waals surface area (Å²) in [6.07, 6.45) is 3.95. The van der Waals surface area contributed by atoms with E-state index >= 15 is 0 Å². The number of aryl methyl sites for hydroxylation is 1. The van der Waals surface area contributed by atoms with E-state index in [1.165, 1.54) is 5.56 Å². The molecule has 0 saturated carbocycles. The lowest BCUT2D eigenvalue weighted by Gasteiger charge is -2.08. The molecule has 0 spiro atoms. The smallest absolute Gasteiger partial charge is 0.306 e. The first kappa shape index (κ1) is 11.7. The van der Waals surface area contributed by atoms with E-state index in [2.05, 4.69) is 11.9 Å². The van der Waals surface area contributed by atoms with Gasteiger partial charge in [0.1, 0.15) is 0 Å². The highest BCUT2D eigenvalue weighted by Gasteiger charge is 2.15. The fraction of sp³-hybridized carbons (Fsp3) is 0.500. The maximum Gasteiger partial charge on any atom is 0.306 e. The summed E-state index contributed by atoms with van der Waals surface area (Å²) in [7, 11) is 0. The number of aromatic nitrogens is 1. The number of pyridine rings is 1. The molecule has 1 unspecified atom stereocenters. The van der Waals surface area contributed by atoms with E-state index in [-0.39, 0.29) is 5.92 Å². The largest absolute Gasteiger partial charge is 0.481 e. The van der Waals surface area contributed by atoms with E-state index in [4.69, 9.17) is 5.11 Å². The molecule has 0 radical (unpaired) electrons. The van der Waals surface area contributed by atoms with Gasteiger partial charge in [-0.25, -0.2) is 0 Å². The van der Waals surface area contributed by atoms with Crippen LogP contribution in [0.15, 0.2) is 18.3 Å². The summed E-state index contributed by atoms with van der Waals surface area (Å²) in [5.74, 6) is -1.05. The zero-order valence-electron chi connectivity index (χ0n) is 9.23. The van der Waals surface area contributed by atoms with Crippen molar-refractivity contribution in [2.24, 2.45) is 5.92 Å². The minimum absolute atomic E-state index is 0.315. The van der Waals surface area contributed by atoms with E-state index in [0.29, 0.717) is 12.8 Å². The van der Waals surface area contributed by atoms with E-state index in [1.54, 1.807) is 0 Å². The summed E-state index contributed by atoms with van der Waals surface area (Å²) in [6, 6.07) is 3.93. The minimum Gasteiger partial charge on any atom is -0.481 e. The Morgan fingerprint density at radius 1 is 1.47 bits per heavy atom. The highest BCUT2D eigenvalue weighted by Crippen LogP contribution is 2.11. The number of aliphatic carboxylic acids is 1. The lowest BCUT2D eigenvalue weighted by atomic mass is 10.00. The van der Waals surface area contributed by atoms with Crippen molar-refractivity contribution >= 4 is 5.97 Å². The normalized spacial score (nSPS) is 12.4. The minimum atomic E-state index is -0.737. The van der Waals surface area contributed by atoms with Crippen LogP contribution in [-0.4, -0.2) is 16.1 Å². The Bertz CT molecular complexity index is 319. The van der Waals surface area contributed by atoms with Crippen molar-refractivity contribution in [2.45, 2.75) is 33.1 Å². The van der Waals surface area contributed by atoms with Gasteiger partial charge in [0, 0.05) is 18.3 Å². The zero-order valence-corrected chi connectivity index (χ0v) is 9.23. The van der Waals surface area contributed by atoms with Crippen LogP contribution in [0, 0.1) is 5.92 Å². The second-order valence-electron chi connectivity index (χ2n) is 3.66. The molecule has 0 aromatic carbocycles. The predicted octanol–water partition coefficient (Wildman–Crippen LogP) is 2.30. The molecule has 0 aliphatic rings. The fourth-order valence-electron chi connectivity index (χ4n) is 1.44. The van der Waals surface area contributed by atoms with Gasteiger partial charge >= 0.3 is 5.97 Å². The maximum absolute atomic E-state index is 10.8. The van der Waals surface area contributed by atoms with Crippen LogP contribution in [0.2, 0.25) is 0 Å². The maximum atomic E-state index is 10.8. The Hall–Kier alpha value is -1.38. The first-order valence-corrected chi connectivity index (χ1v) is 5.34. The SMILES string of the molecule is CCc1ccc(CC(CC)C(=O)O)nc1. The molecule has 82 valence electrons. The van der Waals surface area contributed by atoms with E-state index in [9.17, 15) is 4.79 Å². The van der Waals surface area contributed by atoms with Crippen molar-refractivity contribution in [3.63, 3.8) is 0 Å². The average molecular weight is 207 g/mol. The molecule has 1 rings (SSSR count). The van der Waals surface area contributed by atoms with Gasteiger partial charge in [-0.05, 0) is 24.5 Å². The predicted molar refractivity (Wildman–Crippen MR) is 58.7 cm³/mol. The summed E-state index contributed by atoms with van der Waals surface area (Å²) < 4.78 is 0. The molecule has 1 aromatic heterocycles. The van der Waals surface area contributed by atoms with Gasteiger partial charge in [-0.2, -0.15) is 0 Å². The van der Waals surface area contributed by atoms with Gasteiger partial charge in [0.25, 0.3) is 0 Å². The molecule has 0 bridgehead atoms. The molecule has 3 nitrogen and oxygen atoms in total. The molecule has 0 amide bonds. The van der Waals surface area contributed by atoms with Crippen molar-refractivity contribution in [3.8, 4) is 0 Å². The van der Waals surface area contributed by atoms with Crippen LogP contribution in [0.4, 0.5) is 0 Å². The molecular weight excluding hydrogens is 190 g/mol. The highest BCUT2D eigenvalue weighted by molar-refractivity contribution is 5.70. The number of carboxylic acids is 1. The quantitative estimate of drug-likeness (QED) is 0.806. The molecule has 1 N–H and O–H groups in total. The molecule has 3 heteroatoms. The van der Waals surface area contributed by atoms with Crippen molar-refractivity contribution in [1.82, 2.24) is 4.98 Å². The Balaban J connectivity index is 2.67. The standard InChI is InChI=1S/C12H17NO2/c1-3-9-5-6-11(13-8-9)7-10(4-2)12(14)15/h5-6,8,10H,3-4,7H2,1-2H3,(H,14,15). The molecule has 0 fully saturated rings. The van der Waals surface area contributed by atoms with Gasteiger partial charge in [0.2, 0.25) is 0 Å². The summed E-state index contributed by atoms with van der Waals surface area (Å²) in [5, 5.41) is 8.91. The molecule has 1 aromatic rings. The Morgan fingerprint density at radius 2 is 2.20 bits per heavy atom. The van der Waals surface area contributed by atoms with E-state index < -0.39 is 5.97 Å². The van der Waals surface area contributed by atoms with Gasteiger partial charge in [0.15, 0.2) is 0 Å². The van der Waals surface area contributed by atoms with Crippen LogP contribution in [0.1, 0.15) is 31.5 Å². The number of hydrogen-bond acceptors (Lipinski definition) is 2. The first-order valence-electron chi connectivity index (χ1n) is 5.34. The summed E-state index contributed by atoms with van der Waals surface area (Å²) in [5.41, 5.74) is 2.04. The van der Waals surface area contributed by atoms with Crippen LogP contribution in [0.25, 0.3) is 0 Å². The van der Waals surface area contributed by atoms with Gasteiger partial charge in [-0.3, -0.25) is 9.78 Å². The van der Waals surface area contributed by atoms with Crippen molar-refractivity contribution in [3.05, 3.63) is 29.6 Å². The van der Waals surface area contributed by atoms with E-state index in [1.807, 2.05) is 25.3 Å². The lowest BCUT2D eigenvalue weighted by Crippen LogP contribution is -2.15. The summed E-state index contributed by atoms with van der Waals surface area (Å²) in [6.45, 7) is 3.96. The van der Waals surface area contributed by atoms with Crippen LogP contribution in [-0.2, 0) is 17.6 Å². The zero-order chi connectivity index (χ0) is 11.3. The molecule has 1 heterocycles. The Kier molecular flexibility index (Phi) is 4.28. The van der Waals surface area contributed by atoms with Gasteiger partial charge in [0.05, 0.1) is 5.92 Å². The third-order valence-corrected chi connectivity index (χ3v) is 2.59. The van der Waals surface area contributed by atoms with Crippen LogP contribution in [0.5, 0.6) is 0 Å². The average Bonchev–Trinajstić information content (AvgIpc) is 2.26. The number of carboxylic acid groups (broad SMARTS) is 1. The highest BCUT2D eigenvalue weighted by atomic mass is 16.4. The number of hydrogen-bond donors (Lipinski definition) is 1. The molecule has 15 heavy (non-hydrogen) atoms. The Morgan fingerprint density at radius 3 is 2.60 bits per heavy atom. The summed E-state index contributed by atoms with van der Waals surface area (Å²) in [4.78, 5) is 15.1. The molecule has 0 saturated heterocycles. The monoisotopic (exact) mass is 207 g/mol. The fourth-order valence-corrected chi connectivity index (χ4v) is 1.44. The van der Waals surface area contributed by atoms with Crippen molar-refractivity contribution < 1.29 is 9.90 Å². The number of nitrogens with zero attached hydrogens (tertiary/aromatic N) is 1. The number of rotatable bonds is 5. The topological polar surface area (TPSA) is 50.2 Å². The van der Waals surface area contributed by atoms with Crippen LogP contribution >= 0.6 is 0 Å². The molecule has 1 atom stereocenters. The first-order chi connectivity index (χ1) is 7.17. The third-order valence-electron chi connectivity index (χ3n) is 2.59. The molecular formula is C12H17NO2. The second kappa shape index (κ2) is 5.49. The Labute approximate surface area is 90.2 Å². The van der Waals surface area contributed by atoms with Gasteiger partial charge in [-0.15, -0.1) is 0 Å². The van der Waals surface area contributed by atoms with Crippen molar-refractivity contribution in [1.29, 1.82) is 0 Å².